The van der Waals surface area contributed by atoms with Crippen LogP contribution in [0.1, 0.15) is 35.3 Å². The summed E-state index contributed by atoms with van der Waals surface area (Å²) in [7, 11) is 1.65. The van der Waals surface area contributed by atoms with Crippen LogP contribution in [0.5, 0.6) is 11.5 Å². The van der Waals surface area contributed by atoms with Crippen molar-refractivity contribution in [1.29, 1.82) is 0 Å². The standard InChI is InChI=1S/C21H19ClN2O2S/c1-26-16-5-2-13(3-6-16)18-11-19(17-10-15(22)4-7-20(17)25)24-21(23-18)14-8-9-27-12-14/h2-10,12,19,21,24-25H,11H2,1H3/t19-,21+/m1/s1. The summed E-state index contributed by atoms with van der Waals surface area (Å²) in [4.78, 5) is 4.93. The molecule has 27 heavy (non-hydrogen) atoms. The Morgan fingerprint density at radius 3 is 2.70 bits per heavy atom. The van der Waals surface area contributed by atoms with E-state index in [0.29, 0.717) is 11.4 Å². The molecule has 0 saturated carbocycles. The smallest absolute Gasteiger partial charge is 0.127 e. The minimum Gasteiger partial charge on any atom is -0.508 e. The Kier molecular flexibility index (Phi) is 5.16. The number of nitrogens with zero attached hydrogens (tertiary/aromatic N) is 1. The number of hydrogen-bond donors (Lipinski definition) is 2. The van der Waals surface area contributed by atoms with Crippen molar-refractivity contribution in [3.8, 4) is 11.5 Å². The monoisotopic (exact) mass is 398 g/mol. The average molecular weight is 399 g/mol. The van der Waals surface area contributed by atoms with Crippen molar-refractivity contribution in [1.82, 2.24) is 5.32 Å². The topological polar surface area (TPSA) is 53.8 Å². The lowest BCUT2D eigenvalue weighted by Crippen LogP contribution is -2.32. The second kappa shape index (κ2) is 7.72. The minimum atomic E-state index is -0.175. The summed E-state index contributed by atoms with van der Waals surface area (Å²) in [5.41, 5.74) is 3.92. The van der Waals surface area contributed by atoms with Gasteiger partial charge in [-0.25, -0.2) is 0 Å². The van der Waals surface area contributed by atoms with E-state index in [4.69, 9.17) is 21.3 Å². The molecule has 0 unspecified atom stereocenters. The lowest BCUT2D eigenvalue weighted by Gasteiger charge is -2.30. The number of methoxy groups -OCH3 is 1. The van der Waals surface area contributed by atoms with E-state index in [1.807, 2.05) is 35.7 Å². The third-order valence-corrected chi connectivity index (χ3v) is 5.63. The molecule has 0 fully saturated rings. The third kappa shape index (κ3) is 3.86. The van der Waals surface area contributed by atoms with Crippen molar-refractivity contribution in [2.24, 2.45) is 4.99 Å². The highest BCUT2D eigenvalue weighted by Crippen LogP contribution is 2.36. The second-order valence-electron chi connectivity index (χ2n) is 6.39. The zero-order valence-electron chi connectivity index (χ0n) is 14.7. The van der Waals surface area contributed by atoms with Gasteiger partial charge in [0.05, 0.1) is 7.11 Å². The van der Waals surface area contributed by atoms with Crippen molar-refractivity contribution >= 4 is 28.6 Å². The summed E-state index contributed by atoms with van der Waals surface area (Å²) in [6, 6.07) is 15.0. The number of nitrogens with one attached hydrogen (secondary N) is 1. The summed E-state index contributed by atoms with van der Waals surface area (Å²) in [5, 5.41) is 18.6. The van der Waals surface area contributed by atoms with E-state index in [1.54, 1.807) is 30.6 Å². The van der Waals surface area contributed by atoms with Crippen LogP contribution in [0.15, 0.2) is 64.3 Å². The van der Waals surface area contributed by atoms with E-state index in [0.717, 1.165) is 28.2 Å². The van der Waals surface area contributed by atoms with E-state index >= 15 is 0 Å². The molecule has 0 bridgehead atoms. The predicted octanol–water partition coefficient (Wildman–Crippen LogP) is 5.34. The van der Waals surface area contributed by atoms with Crippen LogP contribution in [0.4, 0.5) is 0 Å². The molecule has 4 rings (SSSR count). The largest absolute Gasteiger partial charge is 0.508 e. The Morgan fingerprint density at radius 1 is 1.19 bits per heavy atom. The normalized spacial score (nSPS) is 19.6. The van der Waals surface area contributed by atoms with Gasteiger partial charge in [0, 0.05) is 34.3 Å². The number of thiophene rings is 1. The molecule has 0 aliphatic carbocycles. The number of aromatic hydroxyl groups is 1. The third-order valence-electron chi connectivity index (χ3n) is 4.69. The number of aliphatic imine (C=N–C) groups is 1. The first-order valence-electron chi connectivity index (χ1n) is 8.61. The van der Waals surface area contributed by atoms with Crippen LogP contribution in [0.25, 0.3) is 0 Å². The maximum Gasteiger partial charge on any atom is 0.127 e. The predicted molar refractivity (Wildman–Crippen MR) is 110 cm³/mol. The van der Waals surface area contributed by atoms with Crippen molar-refractivity contribution < 1.29 is 9.84 Å². The number of phenols is 1. The van der Waals surface area contributed by atoms with Crippen molar-refractivity contribution in [2.75, 3.05) is 7.11 Å². The Labute approximate surface area is 167 Å². The first-order chi connectivity index (χ1) is 13.1. The Morgan fingerprint density at radius 2 is 2.00 bits per heavy atom. The molecule has 1 aliphatic heterocycles. The number of rotatable bonds is 4. The minimum absolute atomic E-state index is 0.0943. The molecular formula is C21H19ClN2O2S. The average Bonchev–Trinajstić information content (AvgIpc) is 3.24. The number of benzene rings is 2. The number of halogens is 1. The summed E-state index contributed by atoms with van der Waals surface area (Å²) in [5.74, 6) is 1.05. The molecule has 3 aromatic rings. The lowest BCUT2D eigenvalue weighted by atomic mass is 9.94. The van der Waals surface area contributed by atoms with Gasteiger partial charge in [-0.2, -0.15) is 11.3 Å². The molecule has 0 saturated heterocycles. The zero-order chi connectivity index (χ0) is 18.8. The van der Waals surface area contributed by atoms with Gasteiger partial charge in [-0.3, -0.25) is 10.3 Å². The van der Waals surface area contributed by atoms with Crippen LogP contribution >= 0.6 is 22.9 Å². The van der Waals surface area contributed by atoms with Gasteiger partial charge < -0.3 is 9.84 Å². The highest BCUT2D eigenvalue weighted by atomic mass is 35.5. The van der Waals surface area contributed by atoms with Crippen molar-refractivity contribution in [3.63, 3.8) is 0 Å². The van der Waals surface area contributed by atoms with Gasteiger partial charge in [-0.1, -0.05) is 11.6 Å². The summed E-state index contributed by atoms with van der Waals surface area (Å²) in [6.45, 7) is 0. The molecule has 2 aromatic carbocycles. The molecule has 2 atom stereocenters. The van der Waals surface area contributed by atoms with Gasteiger partial charge in [0.15, 0.2) is 0 Å². The van der Waals surface area contributed by atoms with Gasteiger partial charge in [0.1, 0.15) is 17.7 Å². The van der Waals surface area contributed by atoms with Crippen molar-refractivity contribution in [3.05, 3.63) is 81.0 Å². The van der Waals surface area contributed by atoms with Crippen molar-refractivity contribution in [2.45, 2.75) is 18.6 Å². The van der Waals surface area contributed by atoms with Crippen LogP contribution in [-0.4, -0.2) is 17.9 Å². The van der Waals surface area contributed by atoms with Crippen LogP contribution in [0.3, 0.4) is 0 Å². The number of phenolic OH excluding ortho intramolecular Hbond substituents is 1. The molecule has 2 heterocycles. The molecule has 6 heteroatoms. The van der Waals surface area contributed by atoms with Crippen LogP contribution in [0, 0.1) is 0 Å². The Hall–Kier alpha value is -2.34. The highest BCUT2D eigenvalue weighted by molar-refractivity contribution is 7.08. The number of hydrogen-bond acceptors (Lipinski definition) is 5. The van der Waals surface area contributed by atoms with Gasteiger partial charge in [-0.05, 0) is 64.9 Å². The van der Waals surface area contributed by atoms with Gasteiger partial charge in [0.25, 0.3) is 0 Å². The highest BCUT2D eigenvalue weighted by Gasteiger charge is 2.28. The Bertz CT molecular complexity index is 955. The summed E-state index contributed by atoms with van der Waals surface area (Å²) >= 11 is 7.82. The fraction of sp³-hybridized carbons (Fsp3) is 0.190. The van der Waals surface area contributed by atoms with Gasteiger partial charge in [0.2, 0.25) is 0 Å². The fourth-order valence-corrected chi connectivity index (χ4v) is 4.13. The molecular weight excluding hydrogens is 380 g/mol. The van der Waals surface area contributed by atoms with Gasteiger partial charge in [-0.15, -0.1) is 0 Å². The molecule has 0 amide bonds. The molecule has 4 nitrogen and oxygen atoms in total. The van der Waals surface area contributed by atoms with Crippen LogP contribution in [0.2, 0.25) is 5.02 Å². The molecule has 0 spiro atoms. The maximum atomic E-state index is 10.4. The van der Waals surface area contributed by atoms with Gasteiger partial charge >= 0.3 is 0 Å². The van der Waals surface area contributed by atoms with E-state index < -0.39 is 0 Å². The first kappa shape index (κ1) is 18.0. The maximum absolute atomic E-state index is 10.4. The van der Waals surface area contributed by atoms with Crippen LogP contribution in [-0.2, 0) is 0 Å². The number of ether oxygens (including phenoxy) is 1. The van der Waals surface area contributed by atoms with E-state index in [-0.39, 0.29) is 18.0 Å². The fourth-order valence-electron chi connectivity index (χ4n) is 3.27. The van der Waals surface area contributed by atoms with E-state index in [2.05, 4.69) is 16.8 Å². The summed E-state index contributed by atoms with van der Waals surface area (Å²) in [6.07, 6.45) is 0.478. The zero-order valence-corrected chi connectivity index (χ0v) is 16.3. The lowest BCUT2D eigenvalue weighted by molar-refractivity contribution is 0.412. The molecule has 138 valence electrons. The molecule has 1 aromatic heterocycles. The Balaban J connectivity index is 1.73. The quantitative estimate of drug-likeness (QED) is 0.623. The molecule has 1 aliphatic rings. The second-order valence-corrected chi connectivity index (χ2v) is 7.61. The van der Waals surface area contributed by atoms with Crippen LogP contribution < -0.4 is 10.1 Å². The first-order valence-corrected chi connectivity index (χ1v) is 9.94. The SMILES string of the molecule is COc1ccc(C2=N[C@H](c3ccsc3)N[C@@H](c3cc(Cl)ccc3O)C2)cc1. The molecule has 0 radical (unpaired) electrons. The summed E-state index contributed by atoms with van der Waals surface area (Å²) < 4.78 is 5.26. The van der Waals surface area contributed by atoms with E-state index in [9.17, 15) is 5.11 Å². The molecule has 2 N–H and O–H groups in total. The van der Waals surface area contributed by atoms with E-state index in [1.165, 1.54) is 0 Å².